The number of carbonyl (C=O) groups excluding carboxylic acids is 6. The Hall–Kier alpha value is -7.46. The number of aliphatic hydroxyl groups is 4. The highest BCUT2D eigenvalue weighted by Gasteiger charge is 2.83. The van der Waals surface area contributed by atoms with Gasteiger partial charge >= 0.3 is 0 Å². The van der Waals surface area contributed by atoms with Crippen molar-refractivity contribution in [2.75, 3.05) is 0 Å². The molecule has 20 heteroatoms. The van der Waals surface area contributed by atoms with E-state index < -0.39 is 103 Å². The summed E-state index contributed by atoms with van der Waals surface area (Å²) in [7, 11) is 0. The van der Waals surface area contributed by atoms with Crippen LogP contribution in [0.15, 0.2) is 82.4 Å². The van der Waals surface area contributed by atoms with Crippen LogP contribution in [0, 0.1) is 23.7 Å². The number of fused-ring (bicyclic) bond motifs is 4. The third kappa shape index (κ3) is 10.8. The first-order valence-electron chi connectivity index (χ1n) is 33.3. The maximum Gasteiger partial charge on any atom is 0.298 e. The molecule has 4 fully saturated rings. The number of benzene rings is 2. The van der Waals surface area contributed by atoms with Gasteiger partial charge in [-0.15, -0.1) is 0 Å². The van der Waals surface area contributed by atoms with Crippen molar-refractivity contribution < 1.29 is 97.3 Å². The second-order valence-electron chi connectivity index (χ2n) is 31.0. The first-order chi connectivity index (χ1) is 44.6. The number of rotatable bonds is 20. The molecule has 2 aromatic carbocycles. The summed E-state index contributed by atoms with van der Waals surface area (Å²) in [6.07, 6.45) is 18.3. The zero-order valence-electron chi connectivity index (χ0n) is 57.9. The van der Waals surface area contributed by atoms with E-state index >= 15 is 0 Å². The molecule has 8 bridgehead atoms. The maximum absolute atomic E-state index is 14.8. The smallest absolute Gasteiger partial charge is 0.298 e. The fourth-order valence-corrected chi connectivity index (χ4v) is 16.7. The molecular formula is C76H92O20. The summed E-state index contributed by atoms with van der Waals surface area (Å²) < 4.78 is 51.2. The number of aliphatic hydroxyl groups excluding tert-OH is 2. The summed E-state index contributed by atoms with van der Waals surface area (Å²) in [5.41, 5.74) is -8.02. The lowest BCUT2D eigenvalue weighted by molar-refractivity contribution is -0.172. The average Bonchev–Trinajstić information content (AvgIpc) is 1.41. The Kier molecular flexibility index (Phi) is 17.2. The normalized spacial score (nSPS) is 31.5. The molecule has 6 aliphatic carbocycles. The van der Waals surface area contributed by atoms with Crippen molar-refractivity contribution >= 4 is 48.2 Å². The zero-order chi connectivity index (χ0) is 70.4. The fourth-order valence-electron chi connectivity index (χ4n) is 16.7. The van der Waals surface area contributed by atoms with Crippen LogP contribution < -0.4 is 18.9 Å². The van der Waals surface area contributed by atoms with Crippen molar-refractivity contribution in [3.63, 3.8) is 0 Å². The number of Topliss-reactive ketones (excluding diaryl/α,β-unsaturated/α-hetero) is 4. The minimum absolute atomic E-state index is 0.00293. The van der Waals surface area contributed by atoms with Crippen molar-refractivity contribution in [1.29, 1.82) is 0 Å². The van der Waals surface area contributed by atoms with Crippen LogP contribution in [0.5, 0.6) is 34.5 Å². The van der Waals surface area contributed by atoms with Gasteiger partial charge in [0.2, 0.25) is 0 Å². The number of phenolic OH excluding ortho intramolecular Hbond substituents is 2. The number of hydrogen-bond acceptors (Lipinski definition) is 20. The van der Waals surface area contributed by atoms with E-state index in [1.807, 2.05) is 81.4 Å². The molecule has 12 atom stereocenters. The highest BCUT2D eigenvalue weighted by atomic mass is 16.6. The van der Waals surface area contributed by atoms with Gasteiger partial charge in [0.05, 0.1) is 45.7 Å². The molecule has 96 heavy (non-hydrogen) atoms. The Morgan fingerprint density at radius 1 is 0.562 bits per heavy atom. The van der Waals surface area contributed by atoms with E-state index in [-0.39, 0.29) is 82.9 Å². The Morgan fingerprint density at radius 2 is 0.917 bits per heavy atom. The molecule has 4 unspecified atom stereocenters. The Balaban J connectivity index is 0.000000195. The number of ketones is 4. The Bertz CT molecular complexity index is 3690. The predicted octanol–water partition coefficient (Wildman–Crippen LogP) is 10.9. The van der Waals surface area contributed by atoms with Gasteiger partial charge < -0.3 is 68.5 Å². The number of phenols is 2. The second kappa shape index (κ2) is 23.6. The van der Waals surface area contributed by atoms with Gasteiger partial charge in [0, 0.05) is 58.8 Å². The molecule has 0 amide bonds. The second-order valence-corrected chi connectivity index (χ2v) is 31.0. The van der Waals surface area contributed by atoms with E-state index in [1.54, 1.807) is 90.2 Å². The average molecular weight is 1330 g/mol. The van der Waals surface area contributed by atoms with E-state index in [2.05, 4.69) is 0 Å². The highest BCUT2D eigenvalue weighted by Crippen LogP contribution is 2.71. The monoisotopic (exact) mass is 1320 g/mol. The number of hydrogen-bond donors (Lipinski definition) is 6. The van der Waals surface area contributed by atoms with E-state index in [9.17, 15) is 59.4 Å². The van der Waals surface area contributed by atoms with Crippen LogP contribution in [0.4, 0.5) is 0 Å². The van der Waals surface area contributed by atoms with Crippen LogP contribution in [0.2, 0.25) is 0 Å². The summed E-state index contributed by atoms with van der Waals surface area (Å²) >= 11 is 0. The van der Waals surface area contributed by atoms with Crippen LogP contribution in [-0.2, 0) is 51.0 Å². The largest absolute Gasteiger partial charge is 0.506 e. The van der Waals surface area contributed by atoms with Crippen molar-refractivity contribution in [2.45, 2.75) is 243 Å². The molecule has 2 saturated heterocycles. The van der Waals surface area contributed by atoms with Crippen LogP contribution >= 0.6 is 0 Å². The van der Waals surface area contributed by atoms with Crippen molar-refractivity contribution in [1.82, 2.24) is 0 Å². The molecule has 12 aliphatic rings. The van der Waals surface area contributed by atoms with E-state index in [4.69, 9.17) is 37.9 Å². The quantitative estimate of drug-likeness (QED) is 0.0408. The van der Waals surface area contributed by atoms with Crippen LogP contribution in [0.1, 0.15) is 205 Å². The lowest BCUT2D eigenvalue weighted by atomic mass is 9.51. The first kappa shape index (κ1) is 69.9. The van der Waals surface area contributed by atoms with Crippen LogP contribution in [0.25, 0.3) is 12.2 Å². The van der Waals surface area contributed by atoms with Crippen molar-refractivity contribution in [3.05, 3.63) is 116 Å². The van der Waals surface area contributed by atoms with Gasteiger partial charge in [-0.3, -0.25) is 28.8 Å². The Labute approximate surface area is 560 Å². The lowest BCUT2D eigenvalue weighted by Gasteiger charge is -2.56. The van der Waals surface area contributed by atoms with Crippen molar-refractivity contribution in [3.8, 4) is 34.5 Å². The summed E-state index contributed by atoms with van der Waals surface area (Å²) in [4.78, 5) is 80.4. The number of ether oxygens (including phenoxy) is 8. The molecule has 6 N–H and O–H groups in total. The fraction of sp³-hybridized carbons (Fsp3) is 0.553. The van der Waals surface area contributed by atoms with Gasteiger partial charge in [-0.1, -0.05) is 35.5 Å². The SMILES string of the molecule is CC(C)=CCc1c2c(c(O)c3c1O[C@]14C(=C[C@@H]5CC1C(C)(C)O[C@]4(C/C=C(/C)OC=O)C5=O)C3=O)C=C[C@@](C)(CCC(O)C(C)(C)O)O2.CC(C)=CCc1c2c(c(O)c3c1O[C@]14C(=C[C@@H]5CC1C(C)(C)O[C@]4(C/C=C(/C)OC=O)C5=O)C3=O)C=C[C@](C)(CCC(O)C(C)(C)O)O2. The molecule has 2 aromatic rings. The highest BCUT2D eigenvalue weighted by molar-refractivity contribution is 6.20. The third-order valence-electron chi connectivity index (χ3n) is 21.8. The topological polar surface area (TPSA) is 298 Å². The minimum Gasteiger partial charge on any atom is -0.506 e. The van der Waals surface area contributed by atoms with E-state index in [1.165, 1.54) is 0 Å². The molecule has 14 rings (SSSR count). The molecule has 6 heterocycles. The standard InChI is InChI=1S/2C38H46O10/c2*1-20(2)9-10-24-31-23(12-14-36(8,46-31)15-13-27(40)34(4,5)44)29(41)28-30(42)25-17-22-18-26-35(6,7)48-37(33(22)43,16-11-21(3)45-19-39)38(25,26)47-32(24)28/h2*9,11-12,14,17,19,22,26-27,40-41,44H,10,13,15-16,18H2,1-8H3/b2*21-11-/t22-,26?,27?,36+,37-,38-;22-,26?,27?,36-,37-,38-/m11/s1. The third-order valence-corrected chi connectivity index (χ3v) is 21.8. The zero-order valence-corrected chi connectivity index (χ0v) is 57.9. The van der Waals surface area contributed by atoms with Gasteiger partial charge in [0.15, 0.2) is 45.5 Å². The van der Waals surface area contributed by atoms with E-state index in [0.717, 1.165) is 11.1 Å². The summed E-state index contributed by atoms with van der Waals surface area (Å²) in [6.45, 7) is 29.2. The predicted molar refractivity (Wildman–Crippen MR) is 353 cm³/mol. The molecule has 516 valence electrons. The molecule has 2 spiro atoms. The number of carbonyl (C=O) groups is 6. The van der Waals surface area contributed by atoms with Crippen molar-refractivity contribution in [2.24, 2.45) is 23.7 Å². The molecular weight excluding hydrogens is 1230 g/mol. The molecule has 0 radical (unpaired) electrons. The molecule has 0 aromatic heterocycles. The van der Waals surface area contributed by atoms with Gasteiger partial charge in [-0.2, -0.15) is 0 Å². The van der Waals surface area contributed by atoms with E-state index in [0.29, 0.717) is 96.4 Å². The summed E-state index contributed by atoms with van der Waals surface area (Å²) in [5.74, 6) is -2.23. The van der Waals surface area contributed by atoms with Gasteiger partial charge in [0.1, 0.15) is 68.3 Å². The minimum atomic E-state index is -1.60. The summed E-state index contributed by atoms with van der Waals surface area (Å²) in [6, 6.07) is 0. The van der Waals surface area contributed by atoms with Gasteiger partial charge in [0.25, 0.3) is 12.9 Å². The van der Waals surface area contributed by atoms with Crippen LogP contribution in [-0.4, -0.2) is 135 Å². The first-order valence-corrected chi connectivity index (χ1v) is 33.3. The van der Waals surface area contributed by atoms with Gasteiger partial charge in [-0.05, 0) is 199 Å². The number of aromatic hydroxyl groups is 2. The van der Waals surface area contributed by atoms with Gasteiger partial charge in [-0.25, -0.2) is 0 Å². The lowest BCUT2D eigenvalue weighted by Crippen LogP contribution is -2.72. The molecule has 6 aliphatic heterocycles. The number of allylic oxidation sites excluding steroid dienone is 8. The summed E-state index contributed by atoms with van der Waals surface area (Å²) in [5, 5.41) is 65.4. The molecule has 20 nitrogen and oxygen atoms in total. The Morgan fingerprint density at radius 3 is 1.24 bits per heavy atom. The van der Waals surface area contributed by atoms with Crippen LogP contribution in [0.3, 0.4) is 0 Å². The maximum atomic E-state index is 14.8. The molecule has 2 saturated carbocycles.